The van der Waals surface area contributed by atoms with Gasteiger partial charge in [0.25, 0.3) is 0 Å². The molecule has 17 heavy (non-hydrogen) atoms. The van der Waals surface area contributed by atoms with E-state index in [-0.39, 0.29) is 28.6 Å². The molecule has 94 valence electrons. The maximum absolute atomic E-state index is 13.8. The van der Waals surface area contributed by atoms with Gasteiger partial charge in [-0.1, -0.05) is 11.6 Å². The van der Waals surface area contributed by atoms with Crippen molar-refractivity contribution in [3.05, 3.63) is 22.5 Å². The summed E-state index contributed by atoms with van der Waals surface area (Å²) in [6, 6.07) is 1.27. The molecule has 0 radical (unpaired) electrons. The lowest BCUT2D eigenvalue weighted by molar-refractivity contribution is 0.0986. The van der Waals surface area contributed by atoms with Crippen molar-refractivity contribution in [3.63, 3.8) is 0 Å². The van der Waals surface area contributed by atoms with Crippen molar-refractivity contribution >= 4 is 17.4 Å². The highest BCUT2D eigenvalue weighted by Crippen LogP contribution is 2.37. The summed E-state index contributed by atoms with van der Waals surface area (Å²) in [4.78, 5) is 11.8. The van der Waals surface area contributed by atoms with Crippen molar-refractivity contribution in [2.45, 2.75) is 0 Å². The van der Waals surface area contributed by atoms with Crippen molar-refractivity contribution in [3.8, 4) is 11.5 Å². The van der Waals surface area contributed by atoms with Gasteiger partial charge < -0.3 is 14.8 Å². The minimum atomic E-state index is -0.801. The van der Waals surface area contributed by atoms with Gasteiger partial charge in [-0.25, -0.2) is 4.39 Å². The lowest BCUT2D eigenvalue weighted by atomic mass is 10.1. The summed E-state index contributed by atoms with van der Waals surface area (Å²) >= 11 is 5.69. The van der Waals surface area contributed by atoms with Crippen LogP contribution in [0.4, 0.5) is 4.39 Å². The maximum Gasteiger partial charge on any atom is 0.183 e. The molecule has 0 saturated carbocycles. The number of carbonyl (C=O) groups is 1. The zero-order valence-corrected chi connectivity index (χ0v) is 10.5. The number of methoxy groups -OCH3 is 2. The Labute approximate surface area is 104 Å². The number of ketones is 1. The number of nitrogens with one attached hydrogen (secondary N) is 1. The number of rotatable bonds is 5. The van der Waals surface area contributed by atoms with Crippen LogP contribution < -0.4 is 14.8 Å². The van der Waals surface area contributed by atoms with E-state index in [1.807, 2.05) is 0 Å². The van der Waals surface area contributed by atoms with Crippen LogP contribution in [0.15, 0.2) is 6.07 Å². The van der Waals surface area contributed by atoms with Gasteiger partial charge in [0.1, 0.15) is 5.56 Å². The third kappa shape index (κ3) is 2.68. The van der Waals surface area contributed by atoms with Crippen LogP contribution in [-0.2, 0) is 0 Å². The van der Waals surface area contributed by atoms with Crippen LogP contribution in [0.3, 0.4) is 0 Å². The number of hydrogen-bond acceptors (Lipinski definition) is 4. The van der Waals surface area contributed by atoms with Gasteiger partial charge in [-0.2, -0.15) is 0 Å². The number of benzene rings is 1. The molecule has 0 unspecified atom stereocenters. The summed E-state index contributed by atoms with van der Waals surface area (Å²) in [5.74, 6) is -0.986. The van der Waals surface area contributed by atoms with E-state index in [1.54, 1.807) is 7.05 Å². The molecule has 0 atom stereocenters. The molecule has 1 aromatic carbocycles. The summed E-state index contributed by atoms with van der Waals surface area (Å²) < 4.78 is 23.8. The molecule has 0 bridgehead atoms. The van der Waals surface area contributed by atoms with Crippen LogP contribution >= 0.6 is 11.6 Å². The van der Waals surface area contributed by atoms with Gasteiger partial charge in [-0.3, -0.25) is 4.79 Å². The van der Waals surface area contributed by atoms with Crippen LogP contribution in [0, 0.1) is 5.82 Å². The fourth-order valence-electron chi connectivity index (χ4n) is 1.44. The number of likely N-dealkylation sites (N-methyl/N-ethyl adjacent to an activating group) is 1. The van der Waals surface area contributed by atoms with E-state index in [0.717, 1.165) is 0 Å². The van der Waals surface area contributed by atoms with Gasteiger partial charge in [-0.05, 0) is 7.05 Å². The molecule has 1 N–H and O–H groups in total. The number of ether oxygens (including phenoxy) is 2. The quantitative estimate of drug-likeness (QED) is 0.823. The predicted octanol–water partition coefficient (Wildman–Crippen LogP) is 1.90. The summed E-state index contributed by atoms with van der Waals surface area (Å²) in [5.41, 5.74) is -0.203. The molecule has 0 aromatic heterocycles. The minimum absolute atomic E-state index is 0.0171. The summed E-state index contributed by atoms with van der Waals surface area (Å²) in [6.45, 7) is -0.0171. The van der Waals surface area contributed by atoms with E-state index in [2.05, 4.69) is 5.32 Å². The molecule has 0 saturated heterocycles. The Morgan fingerprint density at radius 2 is 2.12 bits per heavy atom. The SMILES string of the molecule is CNCC(=O)c1c(F)c(Cl)cc(OC)c1OC. The Hall–Kier alpha value is -1.33. The highest BCUT2D eigenvalue weighted by molar-refractivity contribution is 6.31. The second kappa shape index (κ2) is 5.84. The summed E-state index contributed by atoms with van der Waals surface area (Å²) in [6.07, 6.45) is 0. The van der Waals surface area contributed by atoms with Gasteiger partial charge in [0.05, 0.1) is 25.8 Å². The number of Topliss-reactive ketones (excluding diaryl/α,β-unsaturated/α-hetero) is 1. The normalized spacial score (nSPS) is 10.2. The van der Waals surface area contributed by atoms with Gasteiger partial charge in [0.15, 0.2) is 23.1 Å². The molecule has 0 heterocycles. The fourth-order valence-corrected chi connectivity index (χ4v) is 1.63. The maximum atomic E-state index is 13.8. The molecule has 0 aliphatic carbocycles. The first-order valence-corrected chi connectivity index (χ1v) is 5.22. The Morgan fingerprint density at radius 1 is 1.47 bits per heavy atom. The highest BCUT2D eigenvalue weighted by Gasteiger charge is 2.24. The van der Waals surface area contributed by atoms with Crippen LogP contribution in [0.25, 0.3) is 0 Å². The van der Waals surface area contributed by atoms with Crippen molar-refractivity contribution in [1.82, 2.24) is 5.32 Å². The topological polar surface area (TPSA) is 47.6 Å². The molecule has 0 fully saturated rings. The second-order valence-corrected chi connectivity index (χ2v) is 3.64. The number of halogens is 2. The van der Waals surface area contributed by atoms with E-state index in [0.29, 0.717) is 0 Å². The van der Waals surface area contributed by atoms with E-state index < -0.39 is 11.6 Å². The van der Waals surface area contributed by atoms with Crippen molar-refractivity contribution in [2.24, 2.45) is 0 Å². The first-order valence-electron chi connectivity index (χ1n) is 4.84. The van der Waals surface area contributed by atoms with Crippen LogP contribution in [0.2, 0.25) is 5.02 Å². The number of carbonyl (C=O) groups excluding carboxylic acids is 1. The Bertz CT molecular complexity index is 437. The highest BCUT2D eigenvalue weighted by atomic mass is 35.5. The lowest BCUT2D eigenvalue weighted by Crippen LogP contribution is -2.20. The average Bonchev–Trinajstić information content (AvgIpc) is 2.31. The standard InChI is InChI=1S/C11H13ClFNO3/c1-14-5-7(15)9-10(13)6(12)4-8(16-2)11(9)17-3/h4,14H,5H2,1-3H3. The lowest BCUT2D eigenvalue weighted by Gasteiger charge is -2.13. The van der Waals surface area contributed by atoms with Gasteiger partial charge in [0.2, 0.25) is 0 Å². The van der Waals surface area contributed by atoms with Crippen LogP contribution in [0.1, 0.15) is 10.4 Å². The minimum Gasteiger partial charge on any atom is -0.493 e. The van der Waals surface area contributed by atoms with Gasteiger partial charge in [-0.15, -0.1) is 0 Å². The third-order valence-corrected chi connectivity index (χ3v) is 2.45. The van der Waals surface area contributed by atoms with E-state index in [9.17, 15) is 9.18 Å². The molecule has 6 heteroatoms. The molecule has 0 aliphatic heterocycles. The predicted molar refractivity (Wildman–Crippen MR) is 62.8 cm³/mol. The average molecular weight is 262 g/mol. The van der Waals surface area contributed by atoms with Gasteiger partial charge >= 0.3 is 0 Å². The van der Waals surface area contributed by atoms with Crippen molar-refractivity contribution in [1.29, 1.82) is 0 Å². The van der Waals surface area contributed by atoms with Crippen LogP contribution in [0.5, 0.6) is 11.5 Å². The van der Waals surface area contributed by atoms with E-state index in [4.69, 9.17) is 21.1 Å². The summed E-state index contributed by atoms with van der Waals surface area (Å²) in [7, 11) is 4.31. The molecule has 0 aliphatic rings. The zero-order chi connectivity index (χ0) is 13.0. The van der Waals surface area contributed by atoms with E-state index >= 15 is 0 Å². The molecule has 0 spiro atoms. The zero-order valence-electron chi connectivity index (χ0n) is 9.77. The monoisotopic (exact) mass is 261 g/mol. The first-order chi connectivity index (χ1) is 8.06. The molecule has 4 nitrogen and oxygen atoms in total. The summed E-state index contributed by atoms with van der Waals surface area (Å²) in [5, 5.41) is 2.47. The Kier molecular flexibility index (Phi) is 4.72. The smallest absolute Gasteiger partial charge is 0.183 e. The second-order valence-electron chi connectivity index (χ2n) is 3.24. The fraction of sp³-hybridized carbons (Fsp3) is 0.364. The Balaban J connectivity index is 3.43. The van der Waals surface area contributed by atoms with E-state index in [1.165, 1.54) is 20.3 Å². The van der Waals surface area contributed by atoms with Crippen molar-refractivity contribution in [2.75, 3.05) is 27.8 Å². The molecule has 1 rings (SSSR count). The number of hydrogen-bond donors (Lipinski definition) is 1. The molecular weight excluding hydrogens is 249 g/mol. The largest absolute Gasteiger partial charge is 0.493 e. The third-order valence-electron chi connectivity index (χ3n) is 2.18. The van der Waals surface area contributed by atoms with Crippen molar-refractivity contribution < 1.29 is 18.7 Å². The molecule has 0 amide bonds. The van der Waals surface area contributed by atoms with Gasteiger partial charge in [0, 0.05) is 6.07 Å². The Morgan fingerprint density at radius 3 is 2.59 bits per heavy atom. The molecule has 1 aromatic rings. The van der Waals surface area contributed by atoms with Crippen LogP contribution in [-0.4, -0.2) is 33.6 Å². The molecular formula is C11H13ClFNO3. The first kappa shape index (κ1) is 13.7.